The summed E-state index contributed by atoms with van der Waals surface area (Å²) in [7, 11) is 0. The van der Waals surface area contributed by atoms with Crippen LogP contribution in [0, 0.1) is 29.2 Å². The zero-order valence-corrected chi connectivity index (χ0v) is 20.2. The molecule has 0 radical (unpaired) electrons. The van der Waals surface area contributed by atoms with Crippen LogP contribution in [0.5, 0.6) is 0 Å². The van der Waals surface area contributed by atoms with E-state index in [1.807, 2.05) is 37.7 Å². The largest absolute Gasteiger partial charge is 0.203 e. The van der Waals surface area contributed by atoms with Crippen LogP contribution < -0.4 is 0 Å². The summed E-state index contributed by atoms with van der Waals surface area (Å²) >= 11 is 1.93. The van der Waals surface area contributed by atoms with Gasteiger partial charge in [-0.25, -0.2) is 17.6 Å². The van der Waals surface area contributed by atoms with Crippen molar-refractivity contribution in [3.63, 3.8) is 0 Å². The van der Waals surface area contributed by atoms with Crippen molar-refractivity contribution in [3.8, 4) is 22.3 Å². The van der Waals surface area contributed by atoms with Gasteiger partial charge in [0.25, 0.3) is 0 Å². The molecule has 2 atom stereocenters. The Balaban J connectivity index is 1.58. The predicted molar refractivity (Wildman–Crippen MR) is 134 cm³/mol. The van der Waals surface area contributed by atoms with Crippen molar-refractivity contribution in [2.24, 2.45) is 5.92 Å². The zero-order chi connectivity index (χ0) is 24.2. The molecule has 1 aliphatic heterocycles. The maximum atomic E-state index is 15.0. The smallest absolute Gasteiger partial charge is 0.167 e. The number of halogens is 4. The van der Waals surface area contributed by atoms with Gasteiger partial charge in [-0.1, -0.05) is 74.0 Å². The summed E-state index contributed by atoms with van der Waals surface area (Å²) in [5.74, 6) is -2.71. The highest BCUT2D eigenvalue weighted by atomic mass is 32.2. The minimum atomic E-state index is -1.18. The van der Waals surface area contributed by atoms with Gasteiger partial charge in [0.1, 0.15) is 0 Å². The molecular formula is C29H28F4S. The van der Waals surface area contributed by atoms with Gasteiger partial charge >= 0.3 is 0 Å². The fraction of sp³-hybridized carbons (Fsp3) is 0.310. The monoisotopic (exact) mass is 484 g/mol. The molecule has 0 amide bonds. The van der Waals surface area contributed by atoms with Crippen LogP contribution in [0.15, 0.2) is 60.7 Å². The molecule has 1 unspecified atom stereocenters. The van der Waals surface area contributed by atoms with E-state index in [0.717, 1.165) is 18.6 Å². The van der Waals surface area contributed by atoms with E-state index < -0.39 is 23.3 Å². The molecule has 0 spiro atoms. The van der Waals surface area contributed by atoms with E-state index in [4.69, 9.17) is 0 Å². The molecule has 3 aromatic carbocycles. The van der Waals surface area contributed by atoms with Gasteiger partial charge in [-0.15, -0.1) is 0 Å². The van der Waals surface area contributed by atoms with E-state index in [9.17, 15) is 13.2 Å². The van der Waals surface area contributed by atoms with Crippen molar-refractivity contribution in [3.05, 3.63) is 95.1 Å². The highest BCUT2D eigenvalue weighted by Gasteiger charge is 2.23. The molecule has 4 rings (SSSR count). The Bertz CT molecular complexity index is 1180. The number of aryl methyl sites for hydroxylation is 1. The Morgan fingerprint density at radius 1 is 0.794 bits per heavy atom. The second-order valence-corrected chi connectivity index (χ2v) is 9.98. The van der Waals surface area contributed by atoms with Gasteiger partial charge in [0, 0.05) is 27.7 Å². The first-order valence-electron chi connectivity index (χ1n) is 11.7. The van der Waals surface area contributed by atoms with Crippen molar-refractivity contribution in [2.45, 2.75) is 44.8 Å². The minimum absolute atomic E-state index is 0.0979. The number of thioether (sulfide) groups is 1. The summed E-state index contributed by atoms with van der Waals surface area (Å²) in [6.07, 6.45) is 7.61. The Hall–Kier alpha value is -2.53. The van der Waals surface area contributed by atoms with Crippen molar-refractivity contribution >= 4 is 11.8 Å². The lowest BCUT2D eigenvalue weighted by Gasteiger charge is -2.26. The topological polar surface area (TPSA) is 0 Å². The average Bonchev–Trinajstić information content (AvgIpc) is 2.85. The number of hydrogen-bond donors (Lipinski definition) is 0. The van der Waals surface area contributed by atoms with Gasteiger partial charge < -0.3 is 0 Å². The first-order chi connectivity index (χ1) is 16.4. The number of hydrogen-bond acceptors (Lipinski definition) is 1. The normalized spacial score (nSPS) is 18.5. The molecule has 0 N–H and O–H groups in total. The molecule has 1 fully saturated rings. The molecule has 0 aliphatic carbocycles. The van der Waals surface area contributed by atoms with Crippen molar-refractivity contribution < 1.29 is 17.6 Å². The average molecular weight is 485 g/mol. The SMILES string of the molecule is C/C=C/C1CC[C@@H](c2ccc(-c3ccc(-c4ccc(CCC)c(F)c4F)c(F)c3F)cc2)SC1. The lowest BCUT2D eigenvalue weighted by molar-refractivity contribution is 0.495. The Morgan fingerprint density at radius 2 is 1.41 bits per heavy atom. The zero-order valence-electron chi connectivity index (χ0n) is 19.4. The number of rotatable bonds is 6. The van der Waals surface area contributed by atoms with Crippen LogP contribution in [0.25, 0.3) is 22.3 Å². The molecule has 0 saturated carbocycles. The van der Waals surface area contributed by atoms with Gasteiger partial charge in [-0.05, 0) is 48.8 Å². The van der Waals surface area contributed by atoms with E-state index in [1.54, 1.807) is 12.1 Å². The summed E-state index contributed by atoms with van der Waals surface area (Å²) in [5.41, 5.74) is 1.49. The molecule has 0 aromatic heterocycles. The molecule has 1 heterocycles. The summed E-state index contributed by atoms with van der Waals surface area (Å²) in [4.78, 5) is 0. The van der Waals surface area contributed by atoms with Gasteiger partial charge in [0.05, 0.1) is 0 Å². The highest BCUT2D eigenvalue weighted by molar-refractivity contribution is 7.99. The van der Waals surface area contributed by atoms with Gasteiger partial charge in [0.15, 0.2) is 23.3 Å². The third-order valence-electron chi connectivity index (χ3n) is 6.42. The first-order valence-corrected chi connectivity index (χ1v) is 12.8. The Labute approximate surface area is 203 Å². The molecule has 0 bridgehead atoms. The first kappa shape index (κ1) is 24.6. The third kappa shape index (κ3) is 4.95. The number of benzene rings is 3. The van der Waals surface area contributed by atoms with Crippen molar-refractivity contribution in [1.82, 2.24) is 0 Å². The van der Waals surface area contributed by atoms with Gasteiger partial charge in [0.2, 0.25) is 0 Å². The number of allylic oxidation sites excluding steroid dienone is 2. The van der Waals surface area contributed by atoms with Crippen LogP contribution in [0.4, 0.5) is 17.6 Å². The van der Waals surface area contributed by atoms with E-state index in [1.165, 1.54) is 29.8 Å². The molecule has 34 heavy (non-hydrogen) atoms. The van der Waals surface area contributed by atoms with Crippen LogP contribution in [0.2, 0.25) is 0 Å². The highest BCUT2D eigenvalue weighted by Crippen LogP contribution is 2.42. The fourth-order valence-electron chi connectivity index (χ4n) is 4.58. The lowest BCUT2D eigenvalue weighted by atomic mass is 9.95. The quantitative estimate of drug-likeness (QED) is 0.248. The maximum absolute atomic E-state index is 15.0. The minimum Gasteiger partial charge on any atom is -0.203 e. The van der Waals surface area contributed by atoms with E-state index in [0.29, 0.717) is 29.6 Å². The molecule has 178 valence electrons. The Morgan fingerprint density at radius 3 is 2.03 bits per heavy atom. The third-order valence-corrected chi connectivity index (χ3v) is 7.95. The van der Waals surface area contributed by atoms with E-state index >= 15 is 4.39 Å². The lowest BCUT2D eigenvalue weighted by Crippen LogP contribution is -2.11. The second kappa shape index (κ2) is 10.8. The van der Waals surface area contributed by atoms with Crippen LogP contribution >= 0.6 is 11.8 Å². The summed E-state index contributed by atoms with van der Waals surface area (Å²) in [6.45, 7) is 3.90. The summed E-state index contributed by atoms with van der Waals surface area (Å²) in [5, 5.41) is 0.396. The molecule has 1 saturated heterocycles. The van der Waals surface area contributed by atoms with Crippen LogP contribution in [-0.4, -0.2) is 5.75 Å². The summed E-state index contributed by atoms with van der Waals surface area (Å²) < 4.78 is 59.0. The van der Waals surface area contributed by atoms with Crippen molar-refractivity contribution in [1.29, 1.82) is 0 Å². The summed E-state index contributed by atoms with van der Waals surface area (Å²) in [6, 6.07) is 13.0. The van der Waals surface area contributed by atoms with Gasteiger partial charge in [-0.3, -0.25) is 0 Å². The maximum Gasteiger partial charge on any atom is 0.167 e. The standard InChI is InChI=1S/C29H28F4S/c1-3-5-18-7-16-25(34-17-18)20-10-8-19(9-11-20)22-14-15-24(29(33)27(22)31)23-13-12-21(6-4-2)26(30)28(23)32/h3,5,8-15,18,25H,4,6-7,16-17H2,1-2H3/b5-3+/t18?,25-/m0/s1. The predicted octanol–water partition coefficient (Wildman–Crippen LogP) is 9.29. The Kier molecular flexibility index (Phi) is 7.82. The van der Waals surface area contributed by atoms with Crippen molar-refractivity contribution in [2.75, 3.05) is 5.75 Å². The molecular weight excluding hydrogens is 456 g/mol. The van der Waals surface area contributed by atoms with Crippen LogP contribution in [0.3, 0.4) is 0 Å². The fourth-order valence-corrected chi connectivity index (χ4v) is 5.99. The van der Waals surface area contributed by atoms with Gasteiger partial charge in [-0.2, -0.15) is 11.8 Å². The second-order valence-electron chi connectivity index (χ2n) is 8.75. The molecule has 0 nitrogen and oxygen atoms in total. The molecule has 1 aliphatic rings. The van der Waals surface area contributed by atoms with E-state index in [-0.39, 0.29) is 22.3 Å². The molecule has 3 aromatic rings. The van der Waals surface area contributed by atoms with Crippen LogP contribution in [-0.2, 0) is 6.42 Å². The molecule has 5 heteroatoms. The van der Waals surface area contributed by atoms with Crippen LogP contribution in [0.1, 0.15) is 49.5 Å². The van der Waals surface area contributed by atoms with E-state index in [2.05, 4.69) is 12.2 Å².